The van der Waals surface area contributed by atoms with E-state index in [0.717, 1.165) is 43.4 Å². The van der Waals surface area contributed by atoms with E-state index in [1.165, 1.54) is 12.1 Å². The van der Waals surface area contributed by atoms with Crippen molar-refractivity contribution in [2.75, 3.05) is 36.5 Å². The van der Waals surface area contributed by atoms with Crippen LogP contribution in [0, 0.1) is 18.2 Å². The number of pyridine rings is 1. The number of aryl methyl sites for hydroxylation is 1. The number of hydrogen-bond donors (Lipinski definition) is 1. The molecule has 1 spiro atoms. The molecule has 2 saturated heterocycles. The number of fused-ring (bicyclic) bond motifs is 1. The second-order valence-electron chi connectivity index (χ2n) is 8.05. The summed E-state index contributed by atoms with van der Waals surface area (Å²) in [5.74, 6) is -0.467. The van der Waals surface area contributed by atoms with E-state index in [0.29, 0.717) is 17.0 Å². The molecule has 3 aromatic rings. The van der Waals surface area contributed by atoms with Gasteiger partial charge in [0.2, 0.25) is 0 Å². The van der Waals surface area contributed by atoms with Crippen LogP contribution in [0.1, 0.15) is 23.2 Å². The maximum absolute atomic E-state index is 14.4. The maximum Gasteiger partial charge on any atom is 0.266 e. The quantitative estimate of drug-likeness (QED) is 0.683. The van der Waals surface area contributed by atoms with Crippen molar-refractivity contribution in [3.63, 3.8) is 0 Å². The zero-order valence-electron chi connectivity index (χ0n) is 16.3. The summed E-state index contributed by atoms with van der Waals surface area (Å²) in [5.41, 5.74) is 2.16. The predicted octanol–water partition coefficient (Wildman–Crippen LogP) is 3.86. The first-order valence-electron chi connectivity index (χ1n) is 9.71. The van der Waals surface area contributed by atoms with Crippen LogP contribution in [-0.2, 0) is 11.3 Å². The number of nitrogens with one attached hydrogen (secondary N) is 1. The third-order valence-electron chi connectivity index (χ3n) is 5.80. The van der Waals surface area contributed by atoms with Gasteiger partial charge in [0.1, 0.15) is 5.82 Å². The number of benzene rings is 1. The maximum atomic E-state index is 14.4. The molecule has 2 aliphatic heterocycles. The van der Waals surface area contributed by atoms with Gasteiger partial charge in [0.05, 0.1) is 47.3 Å². The van der Waals surface area contributed by atoms with Crippen molar-refractivity contribution in [1.29, 1.82) is 0 Å². The van der Waals surface area contributed by atoms with E-state index in [1.54, 1.807) is 0 Å². The highest BCUT2D eigenvalue weighted by Crippen LogP contribution is 2.41. The number of ether oxygens (including phenoxy) is 1. The summed E-state index contributed by atoms with van der Waals surface area (Å²) >= 11 is 0. The molecule has 5 rings (SSSR count). The molecule has 2 fully saturated rings. The normalized spacial score (nSPS) is 17.3. The average Bonchev–Trinajstić information content (AvgIpc) is 2.66. The standard InChI is InChI=1S/C21H20F3N5O/c1-12-18-16(5-14(7-25-18)29-8-21(9-29)10-30-11-21)20(28-27-12)26-6-13-3-2-4-15(17(13)22)19(23)24/h2-5,7,19H,6,8-11H2,1H3,(H,26,28). The molecule has 0 radical (unpaired) electrons. The second kappa shape index (κ2) is 7.09. The van der Waals surface area contributed by atoms with Crippen molar-refractivity contribution >= 4 is 22.4 Å². The molecule has 0 unspecified atom stereocenters. The minimum atomic E-state index is -2.86. The summed E-state index contributed by atoms with van der Waals surface area (Å²) in [7, 11) is 0. The van der Waals surface area contributed by atoms with Crippen molar-refractivity contribution in [2.24, 2.45) is 5.41 Å². The van der Waals surface area contributed by atoms with Crippen molar-refractivity contribution in [2.45, 2.75) is 19.9 Å². The summed E-state index contributed by atoms with van der Waals surface area (Å²) in [6.45, 7) is 5.27. The summed E-state index contributed by atoms with van der Waals surface area (Å²) in [4.78, 5) is 6.79. The highest BCUT2D eigenvalue weighted by Gasteiger charge is 2.49. The lowest BCUT2D eigenvalue weighted by Crippen LogP contribution is -2.66. The summed E-state index contributed by atoms with van der Waals surface area (Å²) in [6, 6.07) is 5.98. The highest BCUT2D eigenvalue weighted by atomic mass is 19.3. The van der Waals surface area contributed by atoms with E-state index in [1.807, 2.05) is 19.2 Å². The van der Waals surface area contributed by atoms with Crippen molar-refractivity contribution in [3.05, 3.63) is 53.1 Å². The first-order chi connectivity index (χ1) is 14.5. The minimum Gasteiger partial charge on any atom is -0.380 e. The molecular weight excluding hydrogens is 395 g/mol. The minimum absolute atomic E-state index is 0.00757. The molecule has 0 amide bonds. The van der Waals surface area contributed by atoms with Gasteiger partial charge in [-0.1, -0.05) is 18.2 Å². The van der Waals surface area contributed by atoms with Gasteiger partial charge in [0.25, 0.3) is 6.43 Å². The SMILES string of the molecule is Cc1nnc(NCc2cccc(C(F)F)c2F)c2cc(N3CC4(COC4)C3)cnc12. The van der Waals surface area contributed by atoms with Crippen LogP contribution in [0.2, 0.25) is 0 Å². The number of nitrogens with zero attached hydrogens (tertiary/aromatic N) is 4. The number of hydrogen-bond acceptors (Lipinski definition) is 6. The van der Waals surface area contributed by atoms with Gasteiger partial charge in [-0.25, -0.2) is 13.2 Å². The summed E-state index contributed by atoms with van der Waals surface area (Å²) in [6.07, 6.45) is -1.04. The third-order valence-corrected chi connectivity index (χ3v) is 5.80. The fourth-order valence-corrected chi connectivity index (χ4v) is 4.06. The average molecular weight is 415 g/mol. The van der Waals surface area contributed by atoms with Gasteiger partial charge >= 0.3 is 0 Å². The van der Waals surface area contributed by atoms with Crippen LogP contribution in [0.15, 0.2) is 30.5 Å². The molecule has 0 bridgehead atoms. The van der Waals surface area contributed by atoms with Crippen LogP contribution in [-0.4, -0.2) is 41.5 Å². The highest BCUT2D eigenvalue weighted by molar-refractivity contribution is 5.92. The molecule has 4 heterocycles. The lowest BCUT2D eigenvalue weighted by Gasteiger charge is -2.55. The fourth-order valence-electron chi connectivity index (χ4n) is 4.06. The first-order valence-corrected chi connectivity index (χ1v) is 9.71. The van der Waals surface area contributed by atoms with E-state index in [2.05, 4.69) is 25.4 Å². The number of anilines is 2. The van der Waals surface area contributed by atoms with E-state index < -0.39 is 17.8 Å². The number of rotatable bonds is 5. The molecule has 9 heteroatoms. The van der Waals surface area contributed by atoms with Gasteiger partial charge in [-0.15, -0.1) is 5.10 Å². The zero-order chi connectivity index (χ0) is 20.9. The summed E-state index contributed by atoms with van der Waals surface area (Å²) in [5, 5.41) is 12.1. The van der Waals surface area contributed by atoms with Gasteiger partial charge in [0.15, 0.2) is 5.82 Å². The van der Waals surface area contributed by atoms with Crippen molar-refractivity contribution in [3.8, 4) is 0 Å². The Labute approximate surface area is 171 Å². The van der Waals surface area contributed by atoms with E-state index in [9.17, 15) is 13.2 Å². The Bertz CT molecular complexity index is 1110. The Morgan fingerprint density at radius 3 is 2.73 bits per heavy atom. The lowest BCUT2D eigenvalue weighted by atomic mass is 9.78. The Morgan fingerprint density at radius 2 is 2.03 bits per heavy atom. The fraction of sp³-hybridized carbons (Fsp3) is 0.381. The lowest BCUT2D eigenvalue weighted by molar-refractivity contribution is -0.127. The Hall–Kier alpha value is -2.94. The zero-order valence-corrected chi connectivity index (χ0v) is 16.3. The number of halogens is 3. The largest absolute Gasteiger partial charge is 0.380 e. The number of aromatic nitrogens is 3. The van der Waals surface area contributed by atoms with Crippen LogP contribution < -0.4 is 10.2 Å². The van der Waals surface area contributed by atoms with E-state index in [-0.39, 0.29) is 17.5 Å². The van der Waals surface area contributed by atoms with E-state index in [4.69, 9.17) is 4.74 Å². The molecule has 0 atom stereocenters. The smallest absolute Gasteiger partial charge is 0.266 e. The molecule has 1 N–H and O–H groups in total. The van der Waals surface area contributed by atoms with Gasteiger partial charge in [-0.05, 0) is 13.0 Å². The van der Waals surface area contributed by atoms with Crippen LogP contribution in [0.4, 0.5) is 24.7 Å². The van der Waals surface area contributed by atoms with Gasteiger partial charge in [0, 0.05) is 30.6 Å². The van der Waals surface area contributed by atoms with Crippen LogP contribution in [0.3, 0.4) is 0 Å². The van der Waals surface area contributed by atoms with Crippen LogP contribution >= 0.6 is 0 Å². The predicted molar refractivity (Wildman–Crippen MR) is 106 cm³/mol. The number of alkyl halides is 2. The van der Waals surface area contributed by atoms with Crippen LogP contribution in [0.5, 0.6) is 0 Å². The molecule has 0 aliphatic carbocycles. The monoisotopic (exact) mass is 415 g/mol. The Morgan fingerprint density at radius 1 is 1.23 bits per heavy atom. The molecule has 30 heavy (non-hydrogen) atoms. The van der Waals surface area contributed by atoms with Crippen molar-refractivity contribution in [1.82, 2.24) is 15.2 Å². The van der Waals surface area contributed by atoms with Gasteiger partial charge in [-0.3, -0.25) is 4.98 Å². The molecule has 2 aliphatic rings. The van der Waals surface area contributed by atoms with Crippen molar-refractivity contribution < 1.29 is 17.9 Å². The molecule has 156 valence electrons. The first kappa shape index (κ1) is 19.0. The summed E-state index contributed by atoms with van der Waals surface area (Å²) < 4.78 is 45.6. The van der Waals surface area contributed by atoms with Gasteiger partial charge < -0.3 is 15.0 Å². The topological polar surface area (TPSA) is 63.2 Å². The molecule has 0 saturated carbocycles. The van der Waals surface area contributed by atoms with Gasteiger partial charge in [-0.2, -0.15) is 5.10 Å². The molecule has 6 nitrogen and oxygen atoms in total. The third kappa shape index (κ3) is 3.13. The van der Waals surface area contributed by atoms with Crippen LogP contribution in [0.25, 0.3) is 10.9 Å². The van der Waals surface area contributed by atoms with E-state index >= 15 is 0 Å². The molecular formula is C21H20F3N5O. The Balaban J connectivity index is 1.42. The molecule has 2 aromatic heterocycles. The molecule has 1 aromatic carbocycles. The second-order valence-corrected chi connectivity index (χ2v) is 8.05. The Kier molecular flexibility index (Phi) is 4.50.